The molecule has 1 amide bonds. The van der Waals surface area contributed by atoms with E-state index < -0.39 is 11.9 Å². The number of para-hydroxylation sites is 2. The summed E-state index contributed by atoms with van der Waals surface area (Å²) >= 11 is 0. The molecule has 0 aliphatic carbocycles. The zero-order valence-electron chi connectivity index (χ0n) is 15.6. The predicted molar refractivity (Wildman–Crippen MR) is 107 cm³/mol. The number of carbonyl (C=O) groups is 1. The summed E-state index contributed by atoms with van der Waals surface area (Å²) in [6.07, 6.45) is 1.94. The third-order valence-electron chi connectivity index (χ3n) is 4.43. The van der Waals surface area contributed by atoms with Gasteiger partial charge in [-0.3, -0.25) is 9.78 Å². The van der Waals surface area contributed by atoms with E-state index in [0.717, 1.165) is 5.69 Å². The Bertz CT molecular complexity index is 1150. The van der Waals surface area contributed by atoms with E-state index in [1.54, 1.807) is 18.2 Å². The summed E-state index contributed by atoms with van der Waals surface area (Å²) in [5.74, 6) is -0.314. The van der Waals surface area contributed by atoms with Crippen molar-refractivity contribution >= 4 is 28.4 Å². The second kappa shape index (κ2) is 8.01. The van der Waals surface area contributed by atoms with E-state index in [1.807, 2.05) is 37.3 Å². The van der Waals surface area contributed by atoms with Crippen molar-refractivity contribution in [3.8, 4) is 5.69 Å². The van der Waals surface area contributed by atoms with Crippen LogP contribution in [0.1, 0.15) is 13.3 Å². The van der Waals surface area contributed by atoms with E-state index in [1.165, 1.54) is 16.9 Å². The second-order valence-corrected chi connectivity index (χ2v) is 6.38. The zero-order valence-corrected chi connectivity index (χ0v) is 15.6. The maximum Gasteiger partial charge on any atom is 0.248 e. The fraction of sp³-hybridized carbons (Fsp3) is 0.150. The molecule has 1 unspecified atom stereocenters. The minimum atomic E-state index is -0.577. The van der Waals surface area contributed by atoms with Crippen molar-refractivity contribution in [2.24, 2.45) is 0 Å². The summed E-state index contributed by atoms with van der Waals surface area (Å²) in [7, 11) is 0. The third kappa shape index (κ3) is 3.88. The lowest BCUT2D eigenvalue weighted by molar-refractivity contribution is -0.117. The lowest BCUT2D eigenvalue weighted by Gasteiger charge is -2.17. The number of hydrogen-bond donors (Lipinski definition) is 2. The minimum absolute atomic E-state index is 0.262. The molecule has 2 aromatic carbocycles. The van der Waals surface area contributed by atoms with Gasteiger partial charge in [0.15, 0.2) is 0 Å². The fourth-order valence-corrected chi connectivity index (χ4v) is 2.95. The van der Waals surface area contributed by atoms with E-state index in [4.69, 9.17) is 0 Å². The van der Waals surface area contributed by atoms with Crippen LogP contribution in [0.4, 0.5) is 16.0 Å². The van der Waals surface area contributed by atoms with Crippen LogP contribution in [0, 0.1) is 5.82 Å². The van der Waals surface area contributed by atoms with Crippen molar-refractivity contribution in [2.75, 3.05) is 10.6 Å². The molecule has 0 saturated carbocycles. The monoisotopic (exact) mass is 391 g/mol. The molecule has 0 bridgehead atoms. The zero-order chi connectivity index (χ0) is 20.2. The minimum Gasteiger partial charge on any atom is -0.341 e. The Morgan fingerprint density at radius 2 is 2.00 bits per heavy atom. The normalized spacial score (nSPS) is 11.9. The molecule has 0 spiro atoms. The van der Waals surface area contributed by atoms with Crippen LogP contribution in [-0.2, 0) is 4.79 Å². The largest absolute Gasteiger partial charge is 0.341 e. The first-order valence-corrected chi connectivity index (χ1v) is 9.11. The summed E-state index contributed by atoms with van der Waals surface area (Å²) < 4.78 is 15.3. The molecule has 0 saturated heterocycles. The molecule has 0 fully saturated rings. The lowest BCUT2D eigenvalue weighted by atomic mass is 10.2. The van der Waals surface area contributed by atoms with Gasteiger partial charge in [0, 0.05) is 5.39 Å². The fourth-order valence-electron chi connectivity index (χ4n) is 2.95. The molecule has 4 rings (SSSR count). The molecule has 0 aliphatic heterocycles. The first-order chi connectivity index (χ1) is 14.2. The maximum absolute atomic E-state index is 13.8. The quantitative estimate of drug-likeness (QED) is 0.524. The molecule has 8 nitrogen and oxygen atoms in total. The standard InChI is InChI=1S/C20H18FN7O/c1-2-17(24-20-25-26-27-28(20)15-8-4-3-5-9-15)19(29)23-14-11-13-7-6-10-16(21)18(13)22-12-14/h3-12,17H,2H2,1H3,(H,23,29)(H,24,25,27). The summed E-state index contributed by atoms with van der Waals surface area (Å²) in [6, 6.07) is 15.2. The molecular formula is C20H18FN7O. The topological polar surface area (TPSA) is 97.6 Å². The van der Waals surface area contributed by atoms with Crippen LogP contribution in [0.2, 0.25) is 0 Å². The number of hydrogen-bond acceptors (Lipinski definition) is 6. The Morgan fingerprint density at radius 3 is 2.79 bits per heavy atom. The number of halogens is 1. The van der Waals surface area contributed by atoms with Gasteiger partial charge in [-0.1, -0.05) is 42.4 Å². The van der Waals surface area contributed by atoms with Crippen molar-refractivity contribution in [1.29, 1.82) is 0 Å². The van der Waals surface area contributed by atoms with Crippen LogP contribution < -0.4 is 10.6 Å². The number of nitrogens with zero attached hydrogens (tertiary/aromatic N) is 5. The molecule has 4 aromatic rings. The van der Waals surface area contributed by atoms with Gasteiger partial charge in [-0.05, 0) is 41.1 Å². The first-order valence-electron chi connectivity index (χ1n) is 9.11. The Balaban J connectivity index is 1.52. The summed E-state index contributed by atoms with van der Waals surface area (Å²) in [5, 5.41) is 18.1. The molecule has 2 N–H and O–H groups in total. The highest BCUT2D eigenvalue weighted by atomic mass is 19.1. The number of rotatable bonds is 6. The first kappa shape index (κ1) is 18.5. The van der Waals surface area contributed by atoms with Gasteiger partial charge in [-0.25, -0.2) is 4.39 Å². The summed E-state index contributed by atoms with van der Waals surface area (Å²) in [5.41, 5.74) is 1.52. The van der Waals surface area contributed by atoms with Gasteiger partial charge in [-0.2, -0.15) is 4.68 Å². The van der Waals surface area contributed by atoms with E-state index >= 15 is 0 Å². The van der Waals surface area contributed by atoms with Gasteiger partial charge >= 0.3 is 0 Å². The molecule has 2 aromatic heterocycles. The predicted octanol–water partition coefficient (Wildman–Crippen LogP) is 3.18. The van der Waals surface area contributed by atoms with Gasteiger partial charge in [0.05, 0.1) is 17.6 Å². The number of nitrogens with one attached hydrogen (secondary N) is 2. The van der Waals surface area contributed by atoms with Crippen molar-refractivity contribution < 1.29 is 9.18 Å². The third-order valence-corrected chi connectivity index (χ3v) is 4.43. The van der Waals surface area contributed by atoms with E-state index in [2.05, 4.69) is 31.1 Å². The number of anilines is 2. The van der Waals surface area contributed by atoms with Gasteiger partial charge < -0.3 is 10.6 Å². The number of carbonyl (C=O) groups excluding carboxylic acids is 1. The molecule has 2 heterocycles. The lowest BCUT2D eigenvalue weighted by Crippen LogP contribution is -2.35. The maximum atomic E-state index is 13.8. The smallest absolute Gasteiger partial charge is 0.248 e. The van der Waals surface area contributed by atoms with Crippen molar-refractivity contribution in [1.82, 2.24) is 25.2 Å². The van der Waals surface area contributed by atoms with Crippen LogP contribution in [0.5, 0.6) is 0 Å². The number of aromatic nitrogens is 5. The van der Waals surface area contributed by atoms with Gasteiger partial charge in [0.2, 0.25) is 11.9 Å². The number of fused-ring (bicyclic) bond motifs is 1. The van der Waals surface area contributed by atoms with Crippen molar-refractivity contribution in [2.45, 2.75) is 19.4 Å². The van der Waals surface area contributed by atoms with Crippen LogP contribution in [0.25, 0.3) is 16.6 Å². The average Bonchev–Trinajstić information content (AvgIpc) is 3.21. The van der Waals surface area contributed by atoms with Crippen LogP contribution in [0.3, 0.4) is 0 Å². The van der Waals surface area contributed by atoms with E-state index in [9.17, 15) is 9.18 Å². The number of tetrazole rings is 1. The van der Waals surface area contributed by atoms with Gasteiger partial charge in [0.1, 0.15) is 17.4 Å². The Morgan fingerprint density at radius 1 is 1.17 bits per heavy atom. The Labute approximate surface area is 165 Å². The number of pyridine rings is 1. The molecular weight excluding hydrogens is 373 g/mol. The molecule has 146 valence electrons. The SMILES string of the molecule is CCC(Nc1nnnn1-c1ccccc1)C(=O)Nc1cnc2c(F)cccc2c1. The Kier molecular flexibility index (Phi) is 5.10. The summed E-state index contributed by atoms with van der Waals surface area (Å²) in [4.78, 5) is 16.9. The molecule has 1 atom stereocenters. The molecule has 0 aliphatic rings. The molecule has 29 heavy (non-hydrogen) atoms. The van der Waals surface area contributed by atoms with Crippen LogP contribution in [-0.4, -0.2) is 37.1 Å². The highest BCUT2D eigenvalue weighted by Gasteiger charge is 2.20. The summed E-state index contributed by atoms with van der Waals surface area (Å²) in [6.45, 7) is 1.88. The second-order valence-electron chi connectivity index (χ2n) is 6.38. The molecule has 0 radical (unpaired) electrons. The average molecular weight is 391 g/mol. The van der Waals surface area contributed by atoms with Gasteiger partial charge in [-0.15, -0.1) is 0 Å². The van der Waals surface area contributed by atoms with E-state index in [-0.39, 0.29) is 11.4 Å². The van der Waals surface area contributed by atoms with Crippen molar-refractivity contribution in [3.05, 3.63) is 66.6 Å². The van der Waals surface area contributed by atoms with Crippen molar-refractivity contribution in [3.63, 3.8) is 0 Å². The number of benzene rings is 2. The highest BCUT2D eigenvalue weighted by molar-refractivity contribution is 5.97. The van der Waals surface area contributed by atoms with Gasteiger partial charge in [0.25, 0.3) is 0 Å². The highest BCUT2D eigenvalue weighted by Crippen LogP contribution is 2.20. The Hall–Kier alpha value is -3.88. The number of amides is 1. The molecule has 9 heteroatoms. The van der Waals surface area contributed by atoms with Crippen LogP contribution >= 0.6 is 0 Å². The van der Waals surface area contributed by atoms with Crippen LogP contribution in [0.15, 0.2) is 60.8 Å². The van der Waals surface area contributed by atoms with E-state index in [0.29, 0.717) is 23.4 Å².